The first-order valence-corrected chi connectivity index (χ1v) is 7.33. The predicted octanol–water partition coefficient (Wildman–Crippen LogP) is 3.84. The SMILES string of the molecule is CCNC1CCCCC1Sc1ccccc1F. The third-order valence-corrected chi connectivity index (χ3v) is 4.74. The van der Waals surface area contributed by atoms with Crippen LogP contribution in [0.3, 0.4) is 0 Å². The van der Waals surface area contributed by atoms with Gasteiger partial charge in [0.25, 0.3) is 0 Å². The Morgan fingerprint density at radius 2 is 2.06 bits per heavy atom. The predicted molar refractivity (Wildman–Crippen MR) is 72.0 cm³/mol. The number of thioether (sulfide) groups is 1. The first-order valence-electron chi connectivity index (χ1n) is 6.46. The summed E-state index contributed by atoms with van der Waals surface area (Å²) < 4.78 is 13.6. The lowest BCUT2D eigenvalue weighted by atomic mass is 9.95. The molecule has 1 aliphatic rings. The van der Waals surface area contributed by atoms with E-state index in [2.05, 4.69) is 12.2 Å². The molecule has 94 valence electrons. The highest BCUT2D eigenvalue weighted by Crippen LogP contribution is 2.34. The Hall–Kier alpha value is -0.540. The highest BCUT2D eigenvalue weighted by Gasteiger charge is 2.25. The number of halogens is 1. The fraction of sp³-hybridized carbons (Fsp3) is 0.571. The van der Waals surface area contributed by atoms with Crippen molar-refractivity contribution in [2.24, 2.45) is 0 Å². The van der Waals surface area contributed by atoms with Crippen LogP contribution < -0.4 is 5.32 Å². The lowest BCUT2D eigenvalue weighted by molar-refractivity contribution is 0.390. The van der Waals surface area contributed by atoms with E-state index in [1.54, 1.807) is 23.9 Å². The Kier molecular flexibility index (Phi) is 4.86. The van der Waals surface area contributed by atoms with Crippen LogP contribution >= 0.6 is 11.8 Å². The van der Waals surface area contributed by atoms with E-state index in [9.17, 15) is 4.39 Å². The van der Waals surface area contributed by atoms with E-state index < -0.39 is 0 Å². The molecule has 3 heteroatoms. The summed E-state index contributed by atoms with van der Waals surface area (Å²) in [7, 11) is 0. The van der Waals surface area contributed by atoms with Crippen molar-refractivity contribution in [2.45, 2.75) is 48.8 Å². The summed E-state index contributed by atoms with van der Waals surface area (Å²) in [5, 5.41) is 4.05. The average Bonchev–Trinajstić information content (AvgIpc) is 2.35. The molecule has 1 aromatic rings. The summed E-state index contributed by atoms with van der Waals surface area (Å²) in [6.07, 6.45) is 4.98. The van der Waals surface area contributed by atoms with E-state index in [0.29, 0.717) is 11.3 Å². The Morgan fingerprint density at radius 3 is 2.82 bits per heavy atom. The summed E-state index contributed by atoms with van der Waals surface area (Å²) in [6, 6.07) is 7.64. The molecule has 2 atom stereocenters. The quantitative estimate of drug-likeness (QED) is 0.875. The minimum Gasteiger partial charge on any atom is -0.313 e. The van der Waals surface area contributed by atoms with Crippen LogP contribution in [0.25, 0.3) is 0 Å². The molecule has 0 heterocycles. The minimum absolute atomic E-state index is 0.0849. The number of hydrogen-bond donors (Lipinski definition) is 1. The maximum atomic E-state index is 13.6. The van der Waals surface area contributed by atoms with Gasteiger partial charge in [-0.05, 0) is 31.5 Å². The van der Waals surface area contributed by atoms with Crippen molar-refractivity contribution in [3.05, 3.63) is 30.1 Å². The Labute approximate surface area is 107 Å². The third kappa shape index (κ3) is 3.46. The van der Waals surface area contributed by atoms with E-state index >= 15 is 0 Å². The van der Waals surface area contributed by atoms with Crippen LogP contribution in [0.4, 0.5) is 4.39 Å². The van der Waals surface area contributed by atoms with Gasteiger partial charge in [0, 0.05) is 16.2 Å². The fourth-order valence-corrected chi connectivity index (χ4v) is 3.78. The third-order valence-electron chi connectivity index (χ3n) is 3.28. The van der Waals surface area contributed by atoms with Gasteiger partial charge in [-0.2, -0.15) is 0 Å². The maximum Gasteiger partial charge on any atom is 0.136 e. The van der Waals surface area contributed by atoms with E-state index in [1.165, 1.54) is 25.7 Å². The van der Waals surface area contributed by atoms with Gasteiger partial charge in [-0.3, -0.25) is 0 Å². The lowest BCUT2D eigenvalue weighted by Crippen LogP contribution is -2.40. The monoisotopic (exact) mass is 253 g/mol. The molecule has 1 fully saturated rings. The smallest absolute Gasteiger partial charge is 0.136 e. The fourth-order valence-electron chi connectivity index (χ4n) is 2.44. The molecule has 2 rings (SSSR count). The molecule has 1 aromatic carbocycles. The van der Waals surface area contributed by atoms with Gasteiger partial charge in [-0.25, -0.2) is 4.39 Å². The number of hydrogen-bond acceptors (Lipinski definition) is 2. The second-order valence-electron chi connectivity index (χ2n) is 4.54. The minimum atomic E-state index is -0.0849. The molecule has 2 unspecified atom stereocenters. The van der Waals surface area contributed by atoms with Crippen molar-refractivity contribution in [3.8, 4) is 0 Å². The first kappa shape index (κ1) is 12.9. The van der Waals surface area contributed by atoms with Gasteiger partial charge in [-0.15, -0.1) is 11.8 Å². The number of rotatable bonds is 4. The Bertz CT molecular complexity index is 354. The van der Waals surface area contributed by atoms with Crippen LogP contribution in [0.15, 0.2) is 29.2 Å². The van der Waals surface area contributed by atoms with Crippen molar-refractivity contribution >= 4 is 11.8 Å². The van der Waals surface area contributed by atoms with Crippen LogP contribution in [0.5, 0.6) is 0 Å². The molecule has 1 nitrogen and oxygen atoms in total. The van der Waals surface area contributed by atoms with Gasteiger partial charge in [0.15, 0.2) is 0 Å². The standard InChI is InChI=1S/C14H20FNS/c1-2-16-12-8-4-6-10-14(12)17-13-9-5-3-7-11(13)15/h3,5,7,9,12,14,16H,2,4,6,8,10H2,1H3. The lowest BCUT2D eigenvalue weighted by Gasteiger charge is -2.31. The van der Waals surface area contributed by atoms with Gasteiger partial charge < -0.3 is 5.32 Å². The molecule has 0 radical (unpaired) electrons. The molecule has 1 saturated carbocycles. The topological polar surface area (TPSA) is 12.0 Å². The number of nitrogens with one attached hydrogen (secondary N) is 1. The first-order chi connectivity index (χ1) is 8.31. The van der Waals surface area contributed by atoms with Crippen molar-refractivity contribution in [3.63, 3.8) is 0 Å². The van der Waals surface area contributed by atoms with Crippen molar-refractivity contribution in [2.75, 3.05) is 6.54 Å². The summed E-state index contributed by atoms with van der Waals surface area (Å²) in [5.74, 6) is -0.0849. The van der Waals surface area contributed by atoms with Gasteiger partial charge >= 0.3 is 0 Å². The van der Waals surface area contributed by atoms with E-state index in [1.807, 2.05) is 12.1 Å². The molecular formula is C14H20FNS. The van der Waals surface area contributed by atoms with Crippen molar-refractivity contribution in [1.82, 2.24) is 5.32 Å². The summed E-state index contributed by atoms with van der Waals surface area (Å²) in [5.41, 5.74) is 0. The molecule has 0 amide bonds. The van der Waals surface area contributed by atoms with E-state index in [4.69, 9.17) is 0 Å². The molecule has 0 aromatic heterocycles. The van der Waals surface area contributed by atoms with Crippen LogP contribution in [0.2, 0.25) is 0 Å². The average molecular weight is 253 g/mol. The molecule has 0 spiro atoms. The largest absolute Gasteiger partial charge is 0.313 e. The van der Waals surface area contributed by atoms with Crippen LogP contribution in [0, 0.1) is 5.82 Å². The second-order valence-corrected chi connectivity index (χ2v) is 5.82. The number of benzene rings is 1. The molecular weight excluding hydrogens is 233 g/mol. The normalized spacial score (nSPS) is 24.8. The van der Waals surface area contributed by atoms with E-state index in [-0.39, 0.29) is 5.82 Å². The molecule has 1 N–H and O–H groups in total. The zero-order valence-electron chi connectivity index (χ0n) is 10.3. The zero-order chi connectivity index (χ0) is 12.1. The van der Waals surface area contributed by atoms with E-state index in [0.717, 1.165) is 11.4 Å². The van der Waals surface area contributed by atoms with Crippen LogP contribution in [0.1, 0.15) is 32.6 Å². The molecule has 0 saturated heterocycles. The maximum absolute atomic E-state index is 13.6. The van der Waals surface area contributed by atoms with Crippen LogP contribution in [-0.2, 0) is 0 Å². The summed E-state index contributed by atoms with van der Waals surface area (Å²) in [6.45, 7) is 3.14. The molecule has 17 heavy (non-hydrogen) atoms. The van der Waals surface area contributed by atoms with Crippen molar-refractivity contribution < 1.29 is 4.39 Å². The van der Waals surface area contributed by atoms with Crippen molar-refractivity contribution in [1.29, 1.82) is 0 Å². The highest BCUT2D eigenvalue weighted by atomic mass is 32.2. The Morgan fingerprint density at radius 1 is 1.29 bits per heavy atom. The molecule has 1 aliphatic carbocycles. The summed E-state index contributed by atoms with van der Waals surface area (Å²) in [4.78, 5) is 0.794. The highest BCUT2D eigenvalue weighted by molar-refractivity contribution is 8.00. The van der Waals surface area contributed by atoms with Crippen LogP contribution in [-0.4, -0.2) is 17.8 Å². The van der Waals surface area contributed by atoms with Gasteiger partial charge in [0.05, 0.1) is 0 Å². The van der Waals surface area contributed by atoms with Gasteiger partial charge in [-0.1, -0.05) is 31.9 Å². The van der Waals surface area contributed by atoms with Gasteiger partial charge in [0.2, 0.25) is 0 Å². The molecule has 0 bridgehead atoms. The second kappa shape index (κ2) is 6.41. The summed E-state index contributed by atoms with van der Waals surface area (Å²) >= 11 is 1.70. The van der Waals surface area contributed by atoms with Gasteiger partial charge in [0.1, 0.15) is 5.82 Å². The zero-order valence-corrected chi connectivity index (χ0v) is 11.1. The molecule has 0 aliphatic heterocycles. The Balaban J connectivity index is 2.03.